The Labute approximate surface area is 114 Å². The van der Waals surface area contributed by atoms with Crippen LogP contribution < -0.4 is 5.32 Å². The lowest BCUT2D eigenvalue weighted by molar-refractivity contribution is -0.148. The summed E-state index contributed by atoms with van der Waals surface area (Å²) in [5.74, 6) is -3.26. The van der Waals surface area contributed by atoms with Crippen LogP contribution in [-0.2, 0) is 25.5 Å². The molecule has 0 bridgehead atoms. The van der Waals surface area contributed by atoms with Crippen LogP contribution in [0, 0.1) is 5.82 Å². The number of benzene rings is 1. The normalized spacial score (nSPS) is 11.5. The first-order valence-corrected chi connectivity index (χ1v) is 5.79. The number of carbonyl (C=O) groups excluding carboxylic acids is 2. The number of esters is 1. The van der Waals surface area contributed by atoms with E-state index < -0.39 is 36.3 Å². The lowest BCUT2D eigenvalue weighted by Crippen LogP contribution is -2.44. The molecule has 1 aromatic carbocycles. The van der Waals surface area contributed by atoms with Crippen molar-refractivity contribution in [1.29, 1.82) is 0 Å². The zero-order valence-electron chi connectivity index (χ0n) is 10.8. The van der Waals surface area contributed by atoms with Crippen molar-refractivity contribution in [3.05, 3.63) is 35.6 Å². The second kappa shape index (κ2) is 7.22. The number of hydrogen-bond acceptors (Lipinski definition) is 4. The number of carbonyl (C=O) groups is 3. The lowest BCUT2D eigenvalue weighted by Gasteiger charge is -2.14. The Balaban J connectivity index is 2.66. The summed E-state index contributed by atoms with van der Waals surface area (Å²) in [6.07, 6.45) is -0.201. The summed E-state index contributed by atoms with van der Waals surface area (Å²) >= 11 is 0. The van der Waals surface area contributed by atoms with Gasteiger partial charge in [-0.3, -0.25) is 9.59 Å². The highest BCUT2D eigenvalue weighted by Gasteiger charge is 2.22. The van der Waals surface area contributed by atoms with Crippen molar-refractivity contribution in [3.8, 4) is 0 Å². The minimum absolute atomic E-state index is 0.174. The quantitative estimate of drug-likeness (QED) is 0.742. The molecule has 0 fully saturated rings. The van der Waals surface area contributed by atoms with Crippen molar-refractivity contribution in [2.45, 2.75) is 19.4 Å². The topological polar surface area (TPSA) is 92.7 Å². The van der Waals surface area contributed by atoms with Crippen LogP contribution in [0.4, 0.5) is 4.39 Å². The molecule has 0 spiro atoms. The molecule has 0 aliphatic carbocycles. The van der Waals surface area contributed by atoms with Gasteiger partial charge < -0.3 is 15.2 Å². The Morgan fingerprint density at radius 3 is 2.55 bits per heavy atom. The summed E-state index contributed by atoms with van der Waals surface area (Å²) in [5, 5.41) is 11.2. The molecule has 2 N–H and O–H groups in total. The zero-order chi connectivity index (χ0) is 15.1. The van der Waals surface area contributed by atoms with E-state index in [0.29, 0.717) is 0 Å². The highest BCUT2D eigenvalue weighted by atomic mass is 19.1. The fraction of sp³-hybridized carbons (Fsp3) is 0.308. The van der Waals surface area contributed by atoms with Gasteiger partial charge in [0.1, 0.15) is 11.9 Å². The number of halogens is 1. The van der Waals surface area contributed by atoms with E-state index in [4.69, 9.17) is 5.11 Å². The molecule has 1 atom stereocenters. The molecule has 1 aromatic rings. The SMILES string of the molecule is CC(=O)OCC(=O)N[C@H](Cc1ccccc1F)C(=O)O. The average Bonchev–Trinajstić information content (AvgIpc) is 2.38. The van der Waals surface area contributed by atoms with Crippen LogP contribution in [0.3, 0.4) is 0 Å². The molecule has 0 heterocycles. The van der Waals surface area contributed by atoms with E-state index in [1.165, 1.54) is 18.2 Å². The largest absolute Gasteiger partial charge is 0.480 e. The smallest absolute Gasteiger partial charge is 0.326 e. The first kappa shape index (κ1) is 15.6. The number of aliphatic carboxylic acids is 1. The van der Waals surface area contributed by atoms with Crippen molar-refractivity contribution in [1.82, 2.24) is 5.32 Å². The number of nitrogens with one attached hydrogen (secondary N) is 1. The van der Waals surface area contributed by atoms with Crippen LogP contribution in [0.1, 0.15) is 12.5 Å². The van der Waals surface area contributed by atoms with Gasteiger partial charge in [0.2, 0.25) is 0 Å². The molecule has 1 rings (SSSR count). The molecule has 0 aliphatic rings. The van der Waals surface area contributed by atoms with Crippen LogP contribution in [0.2, 0.25) is 0 Å². The molecule has 0 aromatic heterocycles. The number of carboxylic acids is 1. The van der Waals surface area contributed by atoms with E-state index in [9.17, 15) is 18.8 Å². The maximum Gasteiger partial charge on any atom is 0.326 e. The van der Waals surface area contributed by atoms with Gasteiger partial charge in [-0.2, -0.15) is 0 Å². The van der Waals surface area contributed by atoms with Gasteiger partial charge in [-0.15, -0.1) is 0 Å². The molecule has 108 valence electrons. The number of amides is 1. The van der Waals surface area contributed by atoms with Crippen LogP contribution in [0.25, 0.3) is 0 Å². The van der Waals surface area contributed by atoms with E-state index in [0.717, 1.165) is 6.92 Å². The molecule has 0 saturated heterocycles. The van der Waals surface area contributed by atoms with Gasteiger partial charge in [0, 0.05) is 13.3 Å². The van der Waals surface area contributed by atoms with Crippen molar-refractivity contribution in [2.24, 2.45) is 0 Å². The first-order chi connectivity index (χ1) is 9.40. The van der Waals surface area contributed by atoms with Crippen molar-refractivity contribution < 1.29 is 28.6 Å². The van der Waals surface area contributed by atoms with Gasteiger partial charge in [-0.1, -0.05) is 18.2 Å². The third-order valence-electron chi connectivity index (χ3n) is 2.42. The average molecular weight is 283 g/mol. The van der Waals surface area contributed by atoms with Gasteiger partial charge in [-0.05, 0) is 11.6 Å². The molecule has 0 unspecified atom stereocenters. The van der Waals surface area contributed by atoms with Crippen LogP contribution in [-0.4, -0.2) is 35.6 Å². The molecule has 0 radical (unpaired) electrons. The Morgan fingerprint density at radius 2 is 2.00 bits per heavy atom. The summed E-state index contributed by atoms with van der Waals surface area (Å²) in [4.78, 5) is 33.0. The third-order valence-corrected chi connectivity index (χ3v) is 2.42. The number of hydrogen-bond donors (Lipinski definition) is 2. The highest BCUT2D eigenvalue weighted by molar-refractivity contribution is 5.85. The number of rotatable bonds is 6. The van der Waals surface area contributed by atoms with Gasteiger partial charge in [-0.25, -0.2) is 9.18 Å². The number of carboxylic acid groups (broad SMARTS) is 1. The molecule has 7 heteroatoms. The molecular formula is C13H14FNO5. The standard InChI is InChI=1S/C13H14FNO5/c1-8(16)20-7-12(17)15-11(13(18)19)6-9-4-2-3-5-10(9)14/h2-5,11H,6-7H2,1H3,(H,15,17)(H,18,19)/t11-/m1/s1. The lowest BCUT2D eigenvalue weighted by atomic mass is 10.1. The highest BCUT2D eigenvalue weighted by Crippen LogP contribution is 2.09. The second-order valence-corrected chi connectivity index (χ2v) is 4.03. The summed E-state index contributed by atoms with van der Waals surface area (Å²) < 4.78 is 17.9. The van der Waals surface area contributed by atoms with Crippen LogP contribution in [0.15, 0.2) is 24.3 Å². The third kappa shape index (κ3) is 5.05. The van der Waals surface area contributed by atoms with E-state index in [1.807, 2.05) is 0 Å². The van der Waals surface area contributed by atoms with Crippen LogP contribution in [0.5, 0.6) is 0 Å². The van der Waals surface area contributed by atoms with E-state index >= 15 is 0 Å². The van der Waals surface area contributed by atoms with Gasteiger partial charge in [0.25, 0.3) is 5.91 Å². The Bertz CT molecular complexity index is 517. The number of ether oxygens (including phenoxy) is 1. The first-order valence-electron chi connectivity index (χ1n) is 5.79. The Kier molecular flexibility index (Phi) is 5.64. The van der Waals surface area contributed by atoms with E-state index in [1.54, 1.807) is 6.07 Å². The van der Waals surface area contributed by atoms with E-state index in [2.05, 4.69) is 10.1 Å². The Morgan fingerprint density at radius 1 is 1.35 bits per heavy atom. The van der Waals surface area contributed by atoms with Crippen molar-refractivity contribution in [3.63, 3.8) is 0 Å². The second-order valence-electron chi connectivity index (χ2n) is 4.03. The minimum Gasteiger partial charge on any atom is -0.480 e. The minimum atomic E-state index is -1.30. The fourth-order valence-corrected chi connectivity index (χ4v) is 1.49. The summed E-state index contributed by atoms with van der Waals surface area (Å²) in [7, 11) is 0. The molecule has 1 amide bonds. The monoisotopic (exact) mass is 283 g/mol. The Hall–Kier alpha value is -2.44. The summed E-state index contributed by atoms with van der Waals surface area (Å²) in [6.45, 7) is 0.553. The molecule has 20 heavy (non-hydrogen) atoms. The van der Waals surface area contributed by atoms with Crippen LogP contribution >= 0.6 is 0 Å². The van der Waals surface area contributed by atoms with Gasteiger partial charge in [0.05, 0.1) is 0 Å². The van der Waals surface area contributed by atoms with Crippen molar-refractivity contribution in [2.75, 3.05) is 6.61 Å². The fourth-order valence-electron chi connectivity index (χ4n) is 1.49. The predicted molar refractivity (Wildman–Crippen MR) is 66.3 cm³/mol. The molecule has 0 aliphatic heterocycles. The summed E-state index contributed by atoms with van der Waals surface area (Å²) in [6, 6.07) is 4.39. The summed E-state index contributed by atoms with van der Waals surface area (Å²) in [5.41, 5.74) is 0.174. The zero-order valence-corrected chi connectivity index (χ0v) is 10.8. The van der Waals surface area contributed by atoms with Gasteiger partial charge in [0.15, 0.2) is 6.61 Å². The molecular weight excluding hydrogens is 269 g/mol. The predicted octanol–water partition coefficient (Wildman–Crippen LogP) is 0.501. The maximum atomic E-state index is 13.4. The van der Waals surface area contributed by atoms with E-state index in [-0.39, 0.29) is 12.0 Å². The molecule has 6 nitrogen and oxygen atoms in total. The van der Waals surface area contributed by atoms with Gasteiger partial charge >= 0.3 is 11.9 Å². The molecule has 0 saturated carbocycles. The van der Waals surface area contributed by atoms with Crippen molar-refractivity contribution >= 4 is 17.8 Å². The maximum absolute atomic E-state index is 13.4.